The number of hydrogen-bond donors (Lipinski definition) is 0. The Kier molecular flexibility index (Phi) is 8.63. The quantitative estimate of drug-likeness (QED) is 0.384. The molecule has 0 fully saturated rings. The average Bonchev–Trinajstić information content (AvgIpc) is 2.94. The molecule has 0 N–H and O–H groups in total. The first-order valence-electron chi connectivity index (χ1n) is 13.2. The lowest BCUT2D eigenvalue weighted by Crippen LogP contribution is -2.39. The van der Waals surface area contributed by atoms with Crippen LogP contribution in [-0.4, -0.2) is 52.0 Å². The van der Waals surface area contributed by atoms with Crippen LogP contribution in [-0.2, 0) is 14.3 Å². The van der Waals surface area contributed by atoms with Crippen LogP contribution in [0.15, 0.2) is 52.7 Å². The van der Waals surface area contributed by atoms with E-state index in [0.29, 0.717) is 58.4 Å². The average molecular weight is 536 g/mol. The zero-order valence-corrected chi connectivity index (χ0v) is 23.7. The van der Waals surface area contributed by atoms with Gasteiger partial charge >= 0.3 is 5.97 Å². The first-order valence-corrected chi connectivity index (χ1v) is 13.2. The predicted molar refractivity (Wildman–Crippen MR) is 148 cm³/mol. The minimum Gasteiger partial charge on any atom is -0.493 e. The third kappa shape index (κ3) is 5.37. The molecular formula is C31H37NO7. The van der Waals surface area contributed by atoms with E-state index in [-0.39, 0.29) is 24.2 Å². The van der Waals surface area contributed by atoms with E-state index in [4.69, 9.17) is 28.7 Å². The van der Waals surface area contributed by atoms with E-state index in [1.165, 1.54) is 0 Å². The van der Waals surface area contributed by atoms with Crippen LogP contribution >= 0.6 is 0 Å². The summed E-state index contributed by atoms with van der Waals surface area (Å²) in [4.78, 5) is 32.4. The molecule has 4 rings (SSSR count). The molecular weight excluding hydrogens is 498 g/mol. The molecule has 1 unspecified atom stereocenters. The second-order valence-electron chi connectivity index (χ2n) is 9.95. The van der Waals surface area contributed by atoms with Crippen molar-refractivity contribution in [1.82, 2.24) is 0 Å². The Morgan fingerprint density at radius 3 is 2.33 bits per heavy atom. The Hall–Kier alpha value is -3.81. The smallest absolute Gasteiger partial charge is 0.315 e. The molecule has 1 heterocycles. The van der Waals surface area contributed by atoms with Gasteiger partial charge in [0.2, 0.25) is 0 Å². The van der Waals surface area contributed by atoms with E-state index in [9.17, 15) is 9.59 Å². The van der Waals surface area contributed by atoms with Gasteiger partial charge in [-0.25, -0.2) is 0 Å². The summed E-state index contributed by atoms with van der Waals surface area (Å²) in [5, 5.41) is 0. The fourth-order valence-corrected chi connectivity index (χ4v) is 5.56. The predicted octanol–water partition coefficient (Wildman–Crippen LogP) is 5.64. The van der Waals surface area contributed by atoms with Crippen molar-refractivity contribution in [3.63, 3.8) is 0 Å². The molecule has 39 heavy (non-hydrogen) atoms. The van der Waals surface area contributed by atoms with Crippen LogP contribution in [0, 0.1) is 5.92 Å². The topological polar surface area (TPSA) is 92.7 Å². The van der Waals surface area contributed by atoms with Crippen molar-refractivity contribution >= 4 is 17.5 Å². The van der Waals surface area contributed by atoms with Crippen molar-refractivity contribution in [3.8, 4) is 23.0 Å². The van der Waals surface area contributed by atoms with E-state index in [2.05, 4.69) is 0 Å². The van der Waals surface area contributed by atoms with Gasteiger partial charge in [0.25, 0.3) is 0 Å². The van der Waals surface area contributed by atoms with Crippen LogP contribution in [0.1, 0.15) is 63.0 Å². The normalized spacial score (nSPS) is 21.5. The van der Waals surface area contributed by atoms with Crippen molar-refractivity contribution in [2.24, 2.45) is 10.9 Å². The highest BCUT2D eigenvalue weighted by molar-refractivity contribution is 6.09. The van der Waals surface area contributed by atoms with Crippen LogP contribution in [0.4, 0.5) is 0 Å². The lowest BCUT2D eigenvalue weighted by molar-refractivity contribution is -0.151. The van der Waals surface area contributed by atoms with Crippen LogP contribution < -0.4 is 18.9 Å². The number of ketones is 1. The monoisotopic (exact) mass is 535 g/mol. The van der Waals surface area contributed by atoms with Gasteiger partial charge in [-0.05, 0) is 56.4 Å². The van der Waals surface area contributed by atoms with Gasteiger partial charge < -0.3 is 23.7 Å². The second kappa shape index (κ2) is 11.9. The van der Waals surface area contributed by atoms with Crippen LogP contribution in [0.5, 0.6) is 23.0 Å². The third-order valence-corrected chi connectivity index (χ3v) is 7.68. The summed E-state index contributed by atoms with van der Waals surface area (Å²) in [6.07, 6.45) is 1.25. The number of rotatable bonds is 9. The lowest BCUT2D eigenvalue weighted by Gasteiger charge is -2.37. The number of methoxy groups -OCH3 is 4. The maximum Gasteiger partial charge on any atom is 0.315 e. The van der Waals surface area contributed by atoms with Crippen molar-refractivity contribution in [2.75, 3.05) is 28.4 Å². The van der Waals surface area contributed by atoms with E-state index < -0.39 is 17.8 Å². The van der Waals surface area contributed by atoms with Gasteiger partial charge in [-0.1, -0.05) is 25.1 Å². The van der Waals surface area contributed by atoms with E-state index in [1.54, 1.807) is 34.5 Å². The molecule has 0 bridgehead atoms. The van der Waals surface area contributed by atoms with E-state index >= 15 is 0 Å². The van der Waals surface area contributed by atoms with Crippen LogP contribution in [0.25, 0.3) is 0 Å². The summed E-state index contributed by atoms with van der Waals surface area (Å²) in [6, 6.07) is 11.2. The number of Topliss-reactive ketones (excluding diaryl/α,β-unsaturated/α-hetero) is 1. The number of nitrogens with zero attached hydrogens (tertiary/aromatic N) is 1. The Labute approximate surface area is 230 Å². The SMILES string of the molecule is CC[C@H](C)OC(=O)C1C(C)=NC2=C(C(=O)C[C@H](c3ccc(OC)c(OC)c3)C2)[C@@H]1c1cccc(OC)c1OC. The molecule has 208 valence electrons. The highest BCUT2D eigenvalue weighted by Gasteiger charge is 2.46. The highest BCUT2D eigenvalue weighted by Crippen LogP contribution is 2.50. The lowest BCUT2D eigenvalue weighted by atomic mass is 9.69. The number of para-hydroxylation sites is 1. The number of esters is 1. The van der Waals surface area contributed by atoms with Gasteiger partial charge in [-0.15, -0.1) is 0 Å². The number of allylic oxidation sites excluding steroid dienone is 2. The minimum atomic E-state index is -0.764. The zero-order valence-electron chi connectivity index (χ0n) is 23.7. The number of ether oxygens (including phenoxy) is 5. The van der Waals surface area contributed by atoms with Gasteiger partial charge in [0.1, 0.15) is 5.92 Å². The molecule has 2 aliphatic rings. The molecule has 0 saturated heterocycles. The molecule has 4 atom stereocenters. The highest BCUT2D eigenvalue weighted by atomic mass is 16.5. The van der Waals surface area contributed by atoms with Crippen LogP contribution in [0.2, 0.25) is 0 Å². The number of aliphatic imine (C=N–C) groups is 1. The van der Waals surface area contributed by atoms with E-state index in [1.807, 2.05) is 51.1 Å². The van der Waals surface area contributed by atoms with Crippen molar-refractivity contribution in [3.05, 3.63) is 58.8 Å². The molecule has 0 spiro atoms. The number of hydrogen-bond acceptors (Lipinski definition) is 8. The van der Waals surface area contributed by atoms with Gasteiger partial charge in [0.05, 0.1) is 34.5 Å². The minimum absolute atomic E-state index is 0.0523. The zero-order chi connectivity index (χ0) is 28.3. The number of carbonyl (C=O) groups is 2. The van der Waals surface area contributed by atoms with Crippen molar-refractivity contribution < 1.29 is 33.3 Å². The van der Waals surface area contributed by atoms with Crippen molar-refractivity contribution in [2.45, 2.75) is 58.0 Å². The van der Waals surface area contributed by atoms with Crippen LogP contribution in [0.3, 0.4) is 0 Å². The molecule has 8 heteroatoms. The third-order valence-electron chi connectivity index (χ3n) is 7.68. The molecule has 0 saturated carbocycles. The summed E-state index contributed by atoms with van der Waals surface area (Å²) in [6.45, 7) is 5.65. The molecule has 0 radical (unpaired) electrons. The molecule has 0 amide bonds. The van der Waals surface area contributed by atoms with Crippen molar-refractivity contribution in [1.29, 1.82) is 0 Å². The summed E-state index contributed by atoms with van der Waals surface area (Å²) in [5.41, 5.74) is 3.50. The van der Waals surface area contributed by atoms with Gasteiger partial charge in [-0.3, -0.25) is 14.6 Å². The Morgan fingerprint density at radius 1 is 0.974 bits per heavy atom. The van der Waals surface area contributed by atoms with Gasteiger partial charge in [-0.2, -0.15) is 0 Å². The summed E-state index contributed by atoms with van der Waals surface area (Å²) in [5.74, 6) is 0.327. The molecule has 2 aromatic carbocycles. The molecule has 2 aromatic rings. The number of benzene rings is 2. The summed E-state index contributed by atoms with van der Waals surface area (Å²) in [7, 11) is 6.30. The maximum absolute atomic E-state index is 14.0. The van der Waals surface area contributed by atoms with Gasteiger partial charge in [0, 0.05) is 34.9 Å². The maximum atomic E-state index is 14.0. The fraction of sp³-hybridized carbons (Fsp3) is 0.452. The Balaban J connectivity index is 1.84. The molecule has 8 nitrogen and oxygen atoms in total. The first kappa shape index (κ1) is 28.2. The molecule has 0 aromatic heterocycles. The Bertz CT molecular complexity index is 1310. The Morgan fingerprint density at radius 2 is 1.69 bits per heavy atom. The standard InChI is InChI=1S/C31H37NO7/c1-8-17(2)39-31(34)27-18(3)32-22-14-20(19-12-13-24(35-4)26(16-19)37-6)15-23(33)29(22)28(27)21-10-9-11-25(36-5)30(21)38-7/h9-13,16-17,20,27-28H,8,14-15H2,1-7H3/t17-,20+,27?,28+/m0/s1. The first-order chi connectivity index (χ1) is 18.8. The van der Waals surface area contributed by atoms with Gasteiger partial charge in [0.15, 0.2) is 28.8 Å². The molecule has 1 aliphatic heterocycles. The van der Waals surface area contributed by atoms with E-state index in [0.717, 1.165) is 5.56 Å². The summed E-state index contributed by atoms with van der Waals surface area (Å²) < 4.78 is 28.0. The molecule has 1 aliphatic carbocycles. The number of carbonyl (C=O) groups excluding carboxylic acids is 2. The largest absolute Gasteiger partial charge is 0.493 e. The second-order valence-corrected chi connectivity index (χ2v) is 9.95. The summed E-state index contributed by atoms with van der Waals surface area (Å²) >= 11 is 0. The fourth-order valence-electron chi connectivity index (χ4n) is 5.56.